The van der Waals surface area contributed by atoms with Crippen molar-refractivity contribution in [2.24, 2.45) is 5.73 Å². The molecule has 2 N–H and O–H groups in total. The Morgan fingerprint density at radius 2 is 2.00 bits per heavy atom. The van der Waals surface area contributed by atoms with Gasteiger partial charge in [0, 0.05) is 33.6 Å². The molecule has 6 heteroatoms. The minimum atomic E-state index is -0.453. The molecule has 0 aliphatic heterocycles. The van der Waals surface area contributed by atoms with Crippen LogP contribution in [0.4, 0.5) is 8.78 Å². The third-order valence-corrected chi connectivity index (χ3v) is 4.54. The van der Waals surface area contributed by atoms with Gasteiger partial charge in [-0.15, -0.1) is 11.3 Å². The normalized spacial score (nSPS) is 11.0. The largest absolute Gasteiger partial charge is 0.330 e. The van der Waals surface area contributed by atoms with Crippen molar-refractivity contribution in [1.82, 2.24) is 4.98 Å². The highest BCUT2D eigenvalue weighted by Crippen LogP contribution is 2.38. The van der Waals surface area contributed by atoms with Crippen molar-refractivity contribution in [3.8, 4) is 21.6 Å². The van der Waals surface area contributed by atoms with E-state index in [0.29, 0.717) is 35.3 Å². The van der Waals surface area contributed by atoms with E-state index in [-0.39, 0.29) is 5.02 Å². The molecule has 0 fully saturated rings. The minimum absolute atomic E-state index is 0.254. The molecule has 0 spiro atoms. The topological polar surface area (TPSA) is 38.9 Å². The fraction of sp³-hybridized carbons (Fsp3) is 0.118. The van der Waals surface area contributed by atoms with Crippen LogP contribution >= 0.6 is 22.9 Å². The maximum Gasteiger partial charge on any atom is 0.145 e. The van der Waals surface area contributed by atoms with Crippen LogP contribution in [-0.2, 0) is 6.42 Å². The van der Waals surface area contributed by atoms with Crippen molar-refractivity contribution in [1.29, 1.82) is 0 Å². The third kappa shape index (κ3) is 3.27. The zero-order chi connectivity index (χ0) is 16.4. The van der Waals surface area contributed by atoms with Gasteiger partial charge in [0.1, 0.15) is 11.6 Å². The fourth-order valence-corrected chi connectivity index (χ4v) is 3.40. The van der Waals surface area contributed by atoms with Gasteiger partial charge in [-0.05, 0) is 41.8 Å². The first kappa shape index (κ1) is 16.1. The number of nitrogens with two attached hydrogens (primary N) is 1. The number of pyridine rings is 1. The lowest BCUT2D eigenvalue weighted by Crippen LogP contribution is -2.06. The first-order valence-corrected chi connectivity index (χ1v) is 8.23. The number of nitrogens with zero attached hydrogens (tertiary/aromatic N) is 1. The molecule has 2 nitrogen and oxygen atoms in total. The van der Waals surface area contributed by atoms with Crippen LogP contribution in [0.5, 0.6) is 0 Å². The zero-order valence-corrected chi connectivity index (χ0v) is 13.6. The summed E-state index contributed by atoms with van der Waals surface area (Å²) in [6.45, 7) is 0.315. The van der Waals surface area contributed by atoms with Crippen molar-refractivity contribution >= 4 is 22.9 Å². The molecule has 118 valence electrons. The number of thiophene rings is 1. The number of rotatable bonds is 4. The summed E-state index contributed by atoms with van der Waals surface area (Å²) >= 11 is 7.39. The quantitative estimate of drug-likeness (QED) is 0.726. The van der Waals surface area contributed by atoms with Crippen LogP contribution in [0.15, 0.2) is 41.9 Å². The van der Waals surface area contributed by atoms with Gasteiger partial charge in [0.25, 0.3) is 0 Å². The van der Waals surface area contributed by atoms with Gasteiger partial charge in [-0.3, -0.25) is 4.98 Å². The third-order valence-electron chi connectivity index (χ3n) is 3.43. The summed E-state index contributed by atoms with van der Waals surface area (Å²) in [5.74, 6) is -0.896. The van der Waals surface area contributed by atoms with Crippen molar-refractivity contribution in [2.75, 3.05) is 6.54 Å². The van der Waals surface area contributed by atoms with E-state index in [2.05, 4.69) is 4.98 Å². The Balaban J connectivity index is 2.18. The van der Waals surface area contributed by atoms with Gasteiger partial charge in [0.2, 0.25) is 0 Å². The second-order valence-electron chi connectivity index (χ2n) is 4.98. The molecule has 0 aliphatic rings. The van der Waals surface area contributed by atoms with Crippen molar-refractivity contribution in [3.63, 3.8) is 0 Å². The molecule has 0 saturated heterocycles. The van der Waals surface area contributed by atoms with E-state index in [0.717, 1.165) is 4.88 Å². The van der Waals surface area contributed by atoms with Crippen LogP contribution in [0.2, 0.25) is 5.02 Å². The lowest BCUT2D eigenvalue weighted by atomic mass is 9.99. The van der Waals surface area contributed by atoms with E-state index >= 15 is 0 Å². The van der Waals surface area contributed by atoms with Crippen molar-refractivity contribution in [3.05, 3.63) is 64.3 Å². The first-order chi connectivity index (χ1) is 11.1. The van der Waals surface area contributed by atoms with Crippen LogP contribution in [-0.4, -0.2) is 11.5 Å². The molecule has 0 amide bonds. The van der Waals surface area contributed by atoms with Crippen LogP contribution in [0.25, 0.3) is 21.6 Å². The molecule has 3 aromatic rings. The van der Waals surface area contributed by atoms with E-state index in [1.165, 1.54) is 29.7 Å². The van der Waals surface area contributed by atoms with E-state index in [1.807, 2.05) is 17.5 Å². The van der Waals surface area contributed by atoms with E-state index in [1.54, 1.807) is 6.07 Å². The van der Waals surface area contributed by atoms with Crippen molar-refractivity contribution < 1.29 is 8.78 Å². The summed E-state index contributed by atoms with van der Waals surface area (Å²) in [5, 5.41) is 2.11. The molecule has 1 aromatic carbocycles. The smallest absolute Gasteiger partial charge is 0.145 e. The Bertz CT molecular complexity index is 835. The number of benzene rings is 1. The SMILES string of the molecule is NCCc1ncc(-c2cc(Cl)cc(F)c2-c2cccs2)cc1F. The van der Waals surface area contributed by atoms with Crippen LogP contribution in [0, 0.1) is 11.6 Å². The summed E-state index contributed by atoms with van der Waals surface area (Å²) in [6.07, 6.45) is 1.88. The summed E-state index contributed by atoms with van der Waals surface area (Å²) < 4.78 is 28.6. The van der Waals surface area contributed by atoms with Gasteiger partial charge < -0.3 is 5.73 Å². The Hall–Kier alpha value is -1.82. The molecule has 3 rings (SSSR count). The van der Waals surface area contributed by atoms with Crippen LogP contribution in [0.1, 0.15) is 5.69 Å². The predicted molar refractivity (Wildman–Crippen MR) is 90.7 cm³/mol. The Kier molecular flexibility index (Phi) is 4.71. The molecular weight excluding hydrogens is 338 g/mol. The Labute approximate surface area is 141 Å². The first-order valence-electron chi connectivity index (χ1n) is 6.98. The van der Waals surface area contributed by atoms with Gasteiger partial charge in [-0.1, -0.05) is 17.7 Å². The fourth-order valence-electron chi connectivity index (χ4n) is 2.41. The lowest BCUT2D eigenvalue weighted by Gasteiger charge is -2.11. The maximum absolute atomic E-state index is 14.5. The molecule has 2 heterocycles. The Morgan fingerprint density at radius 3 is 2.65 bits per heavy atom. The highest BCUT2D eigenvalue weighted by molar-refractivity contribution is 7.13. The average Bonchev–Trinajstić information content (AvgIpc) is 3.02. The summed E-state index contributed by atoms with van der Waals surface area (Å²) in [6, 6.07) is 7.87. The van der Waals surface area contributed by atoms with E-state index < -0.39 is 11.6 Å². The number of halogens is 3. The molecule has 0 unspecified atom stereocenters. The number of aromatic nitrogens is 1. The van der Waals surface area contributed by atoms with E-state index in [9.17, 15) is 8.78 Å². The maximum atomic E-state index is 14.5. The molecule has 0 radical (unpaired) electrons. The predicted octanol–water partition coefficient (Wildman–Crippen LogP) is 4.91. The Morgan fingerprint density at radius 1 is 1.17 bits per heavy atom. The van der Waals surface area contributed by atoms with Crippen LogP contribution < -0.4 is 5.73 Å². The highest BCUT2D eigenvalue weighted by Gasteiger charge is 2.17. The molecule has 0 aliphatic carbocycles. The molecular formula is C17H13ClF2N2S. The second kappa shape index (κ2) is 6.74. The minimum Gasteiger partial charge on any atom is -0.330 e. The molecule has 23 heavy (non-hydrogen) atoms. The van der Waals surface area contributed by atoms with Gasteiger partial charge in [-0.25, -0.2) is 8.78 Å². The van der Waals surface area contributed by atoms with Gasteiger partial charge in [-0.2, -0.15) is 0 Å². The van der Waals surface area contributed by atoms with Crippen molar-refractivity contribution in [2.45, 2.75) is 6.42 Å². The highest BCUT2D eigenvalue weighted by atomic mass is 35.5. The summed E-state index contributed by atoms with van der Waals surface area (Å²) in [5.41, 5.74) is 7.13. The van der Waals surface area contributed by atoms with E-state index in [4.69, 9.17) is 17.3 Å². The summed E-state index contributed by atoms with van der Waals surface area (Å²) in [4.78, 5) is 4.86. The van der Waals surface area contributed by atoms with Gasteiger partial charge in [0.05, 0.1) is 5.69 Å². The summed E-state index contributed by atoms with van der Waals surface area (Å²) in [7, 11) is 0. The van der Waals surface area contributed by atoms with Crippen LogP contribution in [0.3, 0.4) is 0 Å². The number of hydrogen-bond donors (Lipinski definition) is 1. The molecule has 2 aromatic heterocycles. The second-order valence-corrected chi connectivity index (χ2v) is 6.36. The molecule has 0 atom stereocenters. The monoisotopic (exact) mass is 350 g/mol. The zero-order valence-electron chi connectivity index (χ0n) is 12.0. The number of hydrogen-bond acceptors (Lipinski definition) is 3. The standard InChI is InChI=1S/C17H13ClF2N2S/c18-11-7-12(10-6-13(19)15(3-4-21)22-9-10)17(14(20)8-11)16-2-1-5-23-16/h1-2,5-9H,3-4,21H2. The molecule has 0 saturated carbocycles. The van der Waals surface area contributed by atoms with Gasteiger partial charge >= 0.3 is 0 Å². The molecule has 0 bridgehead atoms. The van der Waals surface area contributed by atoms with Gasteiger partial charge in [0.15, 0.2) is 0 Å². The lowest BCUT2D eigenvalue weighted by molar-refractivity contribution is 0.599. The average molecular weight is 351 g/mol.